The lowest BCUT2D eigenvalue weighted by molar-refractivity contribution is 0.214. The van der Waals surface area contributed by atoms with E-state index >= 15 is 0 Å². The number of hydrogen-bond acceptors (Lipinski definition) is 25. The summed E-state index contributed by atoms with van der Waals surface area (Å²) in [6.45, 7) is 7.64. The van der Waals surface area contributed by atoms with E-state index in [4.69, 9.17) is 15.2 Å². The molecule has 0 atom stereocenters. The van der Waals surface area contributed by atoms with E-state index in [-0.39, 0.29) is 6.03 Å². The number of imidazole rings is 2. The predicted molar refractivity (Wildman–Crippen MR) is 380 cm³/mol. The van der Waals surface area contributed by atoms with Gasteiger partial charge < -0.3 is 44.4 Å². The minimum absolute atomic E-state index is 0.142. The summed E-state index contributed by atoms with van der Waals surface area (Å²) in [7, 11) is 8.14. The lowest BCUT2D eigenvalue weighted by Gasteiger charge is -2.27. The first kappa shape index (κ1) is 67.9. The standard InChI is InChI=1S/C24H26N8OS.C21H25N5.2C9H7N3O2S.C2H3N3S/c1-4-16-11-18(17-7-9-32(10-8-17)24(33)28-23-29-27-15-34-23)5-6-20(16)31(3)22-12-21-19(13-25-22)26-14-30(21)2;1-4-15-11-17(16-7-9-22-10-8-16)5-6-19(15)26(3)21-12-20-18(13-23-21)24-14-25(20)2;13-9(11-8-12-10-6-15-8)14-7-4-2-1-3-5-7;13-9(12-8-10-6-11-15-8)14-7-4-2-1-3-5-7;3-2-4-1-5-6-2/h5-7,11-15H,4,8-10H2,1-3H3,(H,28,29,33);5-7,11-14,22H,4,8-10H2,1-3H3;1-6H,(H,11,12,13);1-6H,(H,10,11,12,13);1H,(H2,3,4,5). The number of urea groups is 1. The highest BCUT2D eigenvalue weighted by molar-refractivity contribution is 7.13. The number of hydrogen-bond donors (Lipinski definition) is 5. The quantitative estimate of drug-likeness (QED) is 0.0716. The number of pyridine rings is 2. The SMILES string of the molecule is CCc1cc(C2=CCN(C(=O)Nc3nncs3)CC2)ccc1N(C)c1cc2c(cn1)ncn2C.CCc1cc(C2=CCNCC2)ccc1N(C)c1cc2c(cn1)ncn2C.Nc1ncns1.O=C(Nc1ncns1)Oc1ccccc1.O=C(Nc1nncs1)Oc1ccccc1. The van der Waals surface area contributed by atoms with Gasteiger partial charge in [-0.3, -0.25) is 16.0 Å². The van der Waals surface area contributed by atoms with Gasteiger partial charge in [-0.15, -0.1) is 20.4 Å². The molecule has 492 valence electrons. The van der Waals surface area contributed by atoms with Gasteiger partial charge in [0.25, 0.3) is 0 Å². The molecule has 10 heterocycles. The fraction of sp³-hybridized carbons (Fsp3) is 0.215. The van der Waals surface area contributed by atoms with E-state index in [0.717, 1.165) is 89.7 Å². The molecule has 14 rings (SSSR count). The Bertz CT molecular complexity index is 4430. The molecule has 6 N–H and O–H groups in total. The number of fused-ring (bicyclic) bond motifs is 2. The van der Waals surface area contributed by atoms with Crippen LogP contribution in [0.5, 0.6) is 11.5 Å². The number of nitrogens with two attached hydrogens (primary N) is 1. The second-order valence-corrected chi connectivity index (χ2v) is 24.3. The van der Waals surface area contributed by atoms with E-state index in [0.29, 0.717) is 45.1 Å². The Labute approximate surface area is 568 Å². The Hall–Kier alpha value is -11.0. The molecule has 0 unspecified atom stereocenters. The first-order valence-electron chi connectivity index (χ1n) is 30.1. The largest absolute Gasteiger partial charge is 0.418 e. The van der Waals surface area contributed by atoms with Crippen LogP contribution in [0, 0.1) is 0 Å². The van der Waals surface area contributed by atoms with E-state index in [1.807, 2.05) is 61.1 Å². The van der Waals surface area contributed by atoms with Crippen LogP contribution in [0.4, 0.5) is 57.9 Å². The van der Waals surface area contributed by atoms with Crippen molar-refractivity contribution in [2.24, 2.45) is 14.1 Å². The van der Waals surface area contributed by atoms with Crippen molar-refractivity contribution < 1.29 is 23.9 Å². The minimum atomic E-state index is -0.571. The Morgan fingerprint density at radius 2 is 1.12 bits per heavy atom. The minimum Gasteiger partial charge on any atom is -0.410 e. The van der Waals surface area contributed by atoms with Gasteiger partial charge >= 0.3 is 18.2 Å². The summed E-state index contributed by atoms with van der Waals surface area (Å²) < 4.78 is 21.4. The molecule has 2 aliphatic rings. The van der Waals surface area contributed by atoms with Crippen LogP contribution in [0.2, 0.25) is 0 Å². The number of nitrogen functional groups attached to an aromatic ring is 1. The predicted octanol–water partition coefficient (Wildman–Crippen LogP) is 12.6. The second kappa shape index (κ2) is 33.7. The summed E-state index contributed by atoms with van der Waals surface area (Å²) in [5.74, 6) is 2.79. The van der Waals surface area contributed by atoms with Gasteiger partial charge in [0.05, 0.1) is 36.1 Å². The van der Waals surface area contributed by atoms with Gasteiger partial charge in [0.1, 0.15) is 57.8 Å². The van der Waals surface area contributed by atoms with Crippen molar-refractivity contribution in [2.45, 2.75) is 39.5 Å². The van der Waals surface area contributed by atoms with Gasteiger partial charge in [0.2, 0.25) is 15.4 Å². The van der Waals surface area contributed by atoms with Crippen LogP contribution < -0.4 is 46.3 Å². The van der Waals surface area contributed by atoms with Crippen molar-refractivity contribution in [3.63, 3.8) is 0 Å². The van der Waals surface area contributed by atoms with E-state index in [9.17, 15) is 14.4 Å². The number of para-hydroxylation sites is 2. The van der Waals surface area contributed by atoms with Crippen LogP contribution in [0.3, 0.4) is 0 Å². The lowest BCUT2D eigenvalue weighted by atomic mass is 9.96. The van der Waals surface area contributed by atoms with Crippen molar-refractivity contribution in [3.8, 4) is 11.5 Å². The molecule has 27 nitrogen and oxygen atoms in total. The van der Waals surface area contributed by atoms with Crippen molar-refractivity contribution in [2.75, 3.05) is 71.8 Å². The molecule has 0 bridgehead atoms. The van der Waals surface area contributed by atoms with Crippen LogP contribution in [0.1, 0.15) is 48.9 Å². The van der Waals surface area contributed by atoms with Crippen molar-refractivity contribution in [3.05, 3.63) is 192 Å². The topological polar surface area (TPSA) is 318 Å². The Balaban J connectivity index is 0.000000142. The van der Waals surface area contributed by atoms with Crippen molar-refractivity contribution >= 4 is 141 Å². The third kappa shape index (κ3) is 18.7. The molecule has 0 fully saturated rings. The molecule has 4 amide bonds. The summed E-state index contributed by atoms with van der Waals surface area (Å²) in [5, 5.41) is 27.8. The lowest BCUT2D eigenvalue weighted by Crippen LogP contribution is -2.37. The summed E-state index contributed by atoms with van der Waals surface area (Å²) in [4.78, 5) is 66.5. The Morgan fingerprint density at radius 3 is 1.56 bits per heavy atom. The third-order valence-electron chi connectivity index (χ3n) is 14.8. The zero-order valence-electron chi connectivity index (χ0n) is 53.2. The van der Waals surface area contributed by atoms with Crippen LogP contribution in [-0.4, -0.2) is 132 Å². The normalized spacial score (nSPS) is 12.3. The monoisotopic (exact) mass is 1360 g/mol. The molecule has 12 aromatic rings. The smallest absolute Gasteiger partial charge is 0.410 e. The van der Waals surface area contributed by atoms with Crippen molar-refractivity contribution in [1.29, 1.82) is 0 Å². The number of carbonyl (C=O) groups is 3. The number of aryl methyl sites for hydroxylation is 4. The number of amides is 4. The maximum Gasteiger partial charge on any atom is 0.418 e. The molecule has 96 heavy (non-hydrogen) atoms. The third-order valence-corrected chi connectivity index (χ3v) is 17.1. The molecular formula is C65H68N22O5S4. The van der Waals surface area contributed by atoms with Gasteiger partial charge in [-0.1, -0.05) is 97.2 Å². The van der Waals surface area contributed by atoms with Crippen LogP contribution in [0.25, 0.3) is 33.2 Å². The first-order chi connectivity index (χ1) is 46.8. The van der Waals surface area contributed by atoms with Gasteiger partial charge in [-0.05, 0) is 114 Å². The number of benzene rings is 4. The highest BCUT2D eigenvalue weighted by Crippen LogP contribution is 2.34. The number of anilines is 8. The van der Waals surface area contributed by atoms with Crippen molar-refractivity contribution in [1.82, 2.24) is 78.4 Å². The highest BCUT2D eigenvalue weighted by Gasteiger charge is 2.21. The molecule has 8 aromatic heterocycles. The number of carbonyl (C=O) groups excluding carboxylic acids is 3. The fourth-order valence-electron chi connectivity index (χ4n) is 9.90. The van der Waals surface area contributed by atoms with Gasteiger partial charge in [-0.25, -0.2) is 44.3 Å². The summed E-state index contributed by atoms with van der Waals surface area (Å²) >= 11 is 4.82. The van der Waals surface area contributed by atoms with Crippen LogP contribution in [-0.2, 0) is 26.9 Å². The first-order valence-corrected chi connectivity index (χ1v) is 33.4. The van der Waals surface area contributed by atoms with Gasteiger partial charge in [-0.2, -0.15) is 8.75 Å². The van der Waals surface area contributed by atoms with E-state index in [1.54, 1.807) is 65.3 Å². The van der Waals surface area contributed by atoms with E-state index < -0.39 is 12.2 Å². The molecule has 4 aromatic carbocycles. The number of nitrogens with zero attached hydrogens (tertiary/aromatic N) is 17. The number of ether oxygens (including phenoxy) is 2. The molecule has 0 radical (unpaired) electrons. The number of aromatic nitrogens is 14. The fourth-order valence-corrected chi connectivity index (χ4v) is 11.5. The average molecular weight is 1370 g/mol. The molecule has 2 aliphatic heterocycles. The van der Waals surface area contributed by atoms with Crippen LogP contribution in [0.15, 0.2) is 170 Å². The van der Waals surface area contributed by atoms with Crippen LogP contribution >= 0.6 is 45.7 Å². The highest BCUT2D eigenvalue weighted by atomic mass is 32.1. The van der Waals surface area contributed by atoms with E-state index in [2.05, 4.69) is 172 Å². The zero-order chi connectivity index (χ0) is 67.2. The molecular weight excluding hydrogens is 1300 g/mol. The zero-order valence-corrected chi connectivity index (χ0v) is 56.4. The van der Waals surface area contributed by atoms with Gasteiger partial charge in [0, 0.05) is 94.4 Å². The second-order valence-electron chi connectivity index (χ2n) is 21.0. The molecule has 0 saturated heterocycles. The molecule has 31 heteroatoms. The molecule has 0 saturated carbocycles. The number of nitrogens with one attached hydrogen (secondary N) is 4. The average Bonchev–Trinajstić information content (AvgIpc) is 1.20. The molecule has 0 spiro atoms. The molecule has 0 aliphatic carbocycles. The van der Waals surface area contributed by atoms with Gasteiger partial charge in [0.15, 0.2) is 5.13 Å². The maximum atomic E-state index is 12.5. The van der Waals surface area contributed by atoms with E-state index in [1.165, 1.54) is 91.5 Å². The maximum absolute atomic E-state index is 12.5. The Kier molecular flexibility index (Phi) is 23.9. The summed E-state index contributed by atoms with van der Waals surface area (Å²) in [6.07, 6.45) is 17.2. The Morgan fingerprint density at radius 1 is 0.604 bits per heavy atom. The number of rotatable bonds is 13. The summed E-state index contributed by atoms with van der Waals surface area (Å²) in [5.41, 5.74) is 22.4. The summed E-state index contributed by atoms with van der Waals surface area (Å²) in [6, 6.07) is 35.0.